The minimum atomic E-state index is 0.0144. The molecule has 1 rings (SSSR count). The van der Waals surface area contributed by atoms with Crippen molar-refractivity contribution >= 4 is 0 Å². The molecule has 1 heteroatoms. The van der Waals surface area contributed by atoms with Gasteiger partial charge in [0.2, 0.25) is 0 Å². The van der Waals surface area contributed by atoms with Crippen LogP contribution in [0.2, 0.25) is 0 Å². The fraction of sp³-hybridized carbons (Fsp3) is 0.385. The van der Waals surface area contributed by atoms with Crippen molar-refractivity contribution in [2.24, 2.45) is 5.73 Å². The van der Waals surface area contributed by atoms with Gasteiger partial charge in [-0.25, -0.2) is 0 Å². The summed E-state index contributed by atoms with van der Waals surface area (Å²) in [6.45, 7) is 4.19. The fourth-order valence-electron chi connectivity index (χ4n) is 1.28. The van der Waals surface area contributed by atoms with Gasteiger partial charge in [0.25, 0.3) is 0 Å². The van der Waals surface area contributed by atoms with E-state index in [0.29, 0.717) is 0 Å². The van der Waals surface area contributed by atoms with E-state index in [1.54, 1.807) is 0 Å². The van der Waals surface area contributed by atoms with Crippen molar-refractivity contribution in [1.82, 2.24) is 0 Å². The van der Waals surface area contributed by atoms with Gasteiger partial charge < -0.3 is 5.73 Å². The van der Waals surface area contributed by atoms with Gasteiger partial charge in [-0.2, -0.15) is 0 Å². The van der Waals surface area contributed by atoms with Gasteiger partial charge in [-0.3, -0.25) is 0 Å². The van der Waals surface area contributed by atoms with Crippen molar-refractivity contribution in [3.63, 3.8) is 0 Å². The van der Waals surface area contributed by atoms with E-state index in [-0.39, 0.29) is 6.04 Å². The summed E-state index contributed by atoms with van der Waals surface area (Å²) in [6.07, 6.45) is 2.06. The van der Waals surface area contributed by atoms with E-state index in [0.717, 1.165) is 18.4 Å². The topological polar surface area (TPSA) is 26.0 Å². The second-order valence-corrected chi connectivity index (χ2v) is 3.53. The molecule has 1 aromatic rings. The van der Waals surface area contributed by atoms with Crippen LogP contribution in [0.3, 0.4) is 0 Å². The van der Waals surface area contributed by atoms with E-state index in [1.165, 1.54) is 5.56 Å². The van der Waals surface area contributed by atoms with Crippen molar-refractivity contribution in [3.8, 4) is 11.8 Å². The normalized spacial score (nSPS) is 11.6. The van der Waals surface area contributed by atoms with Crippen LogP contribution in [0.15, 0.2) is 24.3 Å². The third-order valence-corrected chi connectivity index (χ3v) is 2.02. The first-order chi connectivity index (χ1) is 6.72. The Balaban J connectivity index is 2.67. The van der Waals surface area contributed by atoms with Crippen LogP contribution in [0, 0.1) is 18.8 Å². The van der Waals surface area contributed by atoms with Crippen LogP contribution >= 0.6 is 0 Å². The van der Waals surface area contributed by atoms with E-state index < -0.39 is 0 Å². The lowest BCUT2D eigenvalue weighted by Gasteiger charge is -1.99. The van der Waals surface area contributed by atoms with E-state index in [9.17, 15) is 0 Å². The Kier molecular flexibility index (Phi) is 4.22. The highest BCUT2D eigenvalue weighted by molar-refractivity contribution is 5.37. The lowest BCUT2D eigenvalue weighted by Crippen LogP contribution is -2.16. The molecule has 0 bridgehead atoms. The molecule has 1 atom stereocenters. The molecule has 0 spiro atoms. The molecule has 0 amide bonds. The lowest BCUT2D eigenvalue weighted by atomic mass is 10.1. The van der Waals surface area contributed by atoms with E-state index in [1.807, 2.05) is 12.1 Å². The number of rotatable bonds is 2. The predicted molar refractivity (Wildman–Crippen MR) is 60.9 cm³/mol. The Morgan fingerprint density at radius 3 is 2.86 bits per heavy atom. The largest absolute Gasteiger partial charge is 0.318 e. The molecule has 0 radical (unpaired) electrons. The maximum absolute atomic E-state index is 5.80. The van der Waals surface area contributed by atoms with Crippen LogP contribution in [0.4, 0.5) is 0 Å². The number of aryl methyl sites for hydroxylation is 1. The zero-order valence-corrected chi connectivity index (χ0v) is 8.88. The van der Waals surface area contributed by atoms with Gasteiger partial charge in [0.05, 0.1) is 6.04 Å². The van der Waals surface area contributed by atoms with Gasteiger partial charge in [0, 0.05) is 5.56 Å². The first kappa shape index (κ1) is 10.8. The van der Waals surface area contributed by atoms with Gasteiger partial charge in [-0.05, 0) is 31.0 Å². The Labute approximate surface area is 86.3 Å². The van der Waals surface area contributed by atoms with Crippen molar-refractivity contribution in [2.75, 3.05) is 0 Å². The van der Waals surface area contributed by atoms with Gasteiger partial charge in [-0.1, -0.05) is 37.3 Å². The molecule has 0 aliphatic heterocycles. The molecule has 0 fully saturated rings. The highest BCUT2D eigenvalue weighted by Crippen LogP contribution is 2.02. The second-order valence-electron chi connectivity index (χ2n) is 3.53. The van der Waals surface area contributed by atoms with Gasteiger partial charge in [0.15, 0.2) is 0 Å². The molecule has 0 aliphatic rings. The van der Waals surface area contributed by atoms with E-state index in [2.05, 4.69) is 37.8 Å². The van der Waals surface area contributed by atoms with Gasteiger partial charge >= 0.3 is 0 Å². The van der Waals surface area contributed by atoms with Gasteiger partial charge in [0.1, 0.15) is 0 Å². The fourth-order valence-corrected chi connectivity index (χ4v) is 1.28. The van der Waals surface area contributed by atoms with Crippen LogP contribution in [0.25, 0.3) is 0 Å². The summed E-state index contributed by atoms with van der Waals surface area (Å²) in [4.78, 5) is 0. The zero-order valence-electron chi connectivity index (χ0n) is 8.88. The van der Waals surface area contributed by atoms with Crippen molar-refractivity contribution in [2.45, 2.75) is 32.7 Å². The molecule has 1 nitrogen and oxygen atoms in total. The SMILES string of the molecule is CCCC(N)C#Cc1cccc(C)c1. The Hall–Kier alpha value is -1.26. The maximum atomic E-state index is 5.80. The minimum Gasteiger partial charge on any atom is -0.318 e. The van der Waals surface area contributed by atoms with E-state index in [4.69, 9.17) is 5.73 Å². The molecule has 0 saturated heterocycles. The molecule has 0 saturated carbocycles. The minimum absolute atomic E-state index is 0.0144. The first-order valence-corrected chi connectivity index (χ1v) is 5.06. The molecule has 14 heavy (non-hydrogen) atoms. The lowest BCUT2D eigenvalue weighted by molar-refractivity contribution is 0.720. The van der Waals surface area contributed by atoms with Crippen LogP contribution in [0.1, 0.15) is 30.9 Å². The summed E-state index contributed by atoms with van der Waals surface area (Å²) >= 11 is 0. The molecular formula is C13H17N. The molecular weight excluding hydrogens is 170 g/mol. The van der Waals surface area contributed by atoms with Crippen LogP contribution in [-0.4, -0.2) is 6.04 Å². The summed E-state index contributed by atoms with van der Waals surface area (Å²) in [5, 5.41) is 0. The molecule has 0 heterocycles. The Bertz CT molecular complexity index is 344. The summed E-state index contributed by atoms with van der Waals surface area (Å²) in [5.41, 5.74) is 8.09. The van der Waals surface area contributed by atoms with Crippen LogP contribution < -0.4 is 5.73 Å². The molecule has 0 aliphatic carbocycles. The zero-order chi connectivity index (χ0) is 10.4. The Morgan fingerprint density at radius 2 is 2.21 bits per heavy atom. The van der Waals surface area contributed by atoms with Gasteiger partial charge in [-0.15, -0.1) is 0 Å². The average Bonchev–Trinajstić information content (AvgIpc) is 2.15. The maximum Gasteiger partial charge on any atom is 0.0668 e. The highest BCUT2D eigenvalue weighted by atomic mass is 14.6. The molecule has 2 N–H and O–H groups in total. The monoisotopic (exact) mass is 187 g/mol. The van der Waals surface area contributed by atoms with Crippen LogP contribution in [-0.2, 0) is 0 Å². The van der Waals surface area contributed by atoms with Crippen molar-refractivity contribution in [1.29, 1.82) is 0 Å². The molecule has 74 valence electrons. The highest BCUT2D eigenvalue weighted by Gasteiger charge is 1.93. The third-order valence-electron chi connectivity index (χ3n) is 2.02. The second kappa shape index (κ2) is 5.47. The van der Waals surface area contributed by atoms with Crippen molar-refractivity contribution < 1.29 is 0 Å². The Morgan fingerprint density at radius 1 is 1.43 bits per heavy atom. The summed E-state index contributed by atoms with van der Waals surface area (Å²) in [7, 11) is 0. The predicted octanol–water partition coefficient (Wildman–Crippen LogP) is 2.47. The third kappa shape index (κ3) is 3.64. The quantitative estimate of drug-likeness (QED) is 0.707. The number of benzene rings is 1. The summed E-state index contributed by atoms with van der Waals surface area (Å²) in [6, 6.07) is 8.19. The molecule has 1 aromatic carbocycles. The van der Waals surface area contributed by atoms with Crippen molar-refractivity contribution in [3.05, 3.63) is 35.4 Å². The number of hydrogen-bond donors (Lipinski definition) is 1. The number of nitrogens with two attached hydrogens (primary N) is 1. The summed E-state index contributed by atoms with van der Waals surface area (Å²) < 4.78 is 0. The number of hydrogen-bond acceptors (Lipinski definition) is 1. The first-order valence-electron chi connectivity index (χ1n) is 5.06. The smallest absolute Gasteiger partial charge is 0.0668 e. The standard InChI is InChI=1S/C13H17N/c1-3-5-13(14)9-8-12-7-4-6-11(2)10-12/h4,6-7,10,13H,3,5,14H2,1-2H3. The average molecular weight is 187 g/mol. The molecule has 1 unspecified atom stereocenters. The van der Waals surface area contributed by atoms with Crippen LogP contribution in [0.5, 0.6) is 0 Å². The molecule has 0 aromatic heterocycles. The summed E-state index contributed by atoms with van der Waals surface area (Å²) in [5.74, 6) is 6.15. The van der Waals surface area contributed by atoms with E-state index >= 15 is 0 Å².